The zero-order valence-electron chi connectivity index (χ0n) is 12.0. The maximum absolute atomic E-state index is 12.6. The van der Waals surface area contributed by atoms with Crippen LogP contribution in [0.4, 0.5) is 0 Å². The predicted molar refractivity (Wildman–Crippen MR) is 87.8 cm³/mol. The Kier molecular flexibility index (Phi) is 5.24. The van der Waals surface area contributed by atoms with Crippen LogP contribution in [0.25, 0.3) is 0 Å². The zero-order chi connectivity index (χ0) is 15.5. The largest absolute Gasteiger partial charge is 0.496 e. The molecule has 1 aromatic rings. The lowest BCUT2D eigenvalue weighted by atomic mass is 9.77. The lowest BCUT2D eigenvalue weighted by molar-refractivity contribution is -0.139. The number of carboxylic acids is 1. The van der Waals surface area contributed by atoms with E-state index in [0.29, 0.717) is 11.3 Å². The van der Waals surface area contributed by atoms with E-state index in [1.807, 2.05) is 12.1 Å². The molecule has 0 atom stereocenters. The average Bonchev–Trinajstić information content (AvgIpc) is 2.85. The molecule has 0 radical (unpaired) electrons. The van der Waals surface area contributed by atoms with E-state index in [1.165, 1.54) is 0 Å². The topological polar surface area (TPSA) is 63.6 Å². The van der Waals surface area contributed by atoms with Gasteiger partial charge in [0.25, 0.3) is 0 Å². The maximum Gasteiger partial charge on any atom is 0.303 e. The molecular weight excluding hydrogens is 383 g/mol. The molecule has 0 unspecified atom stereocenters. The molecule has 1 aliphatic rings. The quantitative estimate of drug-likeness (QED) is 0.579. The summed E-state index contributed by atoms with van der Waals surface area (Å²) < 4.78 is 6.23. The summed E-state index contributed by atoms with van der Waals surface area (Å²) in [6, 6.07) is 5.48. The zero-order valence-corrected chi connectivity index (χ0v) is 14.2. The monoisotopic (exact) mass is 402 g/mol. The van der Waals surface area contributed by atoms with E-state index in [9.17, 15) is 9.59 Å². The van der Waals surface area contributed by atoms with Gasteiger partial charge in [0.05, 0.1) is 19.1 Å². The second-order valence-electron chi connectivity index (χ2n) is 5.72. The van der Waals surface area contributed by atoms with Crippen molar-refractivity contribution in [2.24, 2.45) is 5.41 Å². The third-order valence-electron chi connectivity index (χ3n) is 4.19. The van der Waals surface area contributed by atoms with Crippen molar-refractivity contribution in [3.63, 3.8) is 0 Å². The number of carboxylic acid groups (broad SMARTS) is 1. The minimum Gasteiger partial charge on any atom is -0.496 e. The Bertz CT molecular complexity index is 547. The van der Waals surface area contributed by atoms with Crippen LogP contribution in [0.3, 0.4) is 0 Å². The normalized spacial score (nSPS) is 16.7. The summed E-state index contributed by atoms with van der Waals surface area (Å²) in [5.41, 5.74) is 0.177. The molecule has 0 heterocycles. The fourth-order valence-corrected chi connectivity index (χ4v) is 3.69. The van der Waals surface area contributed by atoms with Gasteiger partial charge >= 0.3 is 5.97 Å². The first kappa shape index (κ1) is 16.3. The van der Waals surface area contributed by atoms with Gasteiger partial charge in [-0.15, -0.1) is 0 Å². The highest BCUT2D eigenvalue weighted by Gasteiger charge is 2.38. The van der Waals surface area contributed by atoms with Crippen molar-refractivity contribution in [1.29, 1.82) is 0 Å². The summed E-state index contributed by atoms with van der Waals surface area (Å²) >= 11 is 2.16. The Morgan fingerprint density at radius 1 is 1.29 bits per heavy atom. The Morgan fingerprint density at radius 2 is 1.95 bits per heavy atom. The maximum atomic E-state index is 12.6. The number of ether oxygens (including phenoxy) is 1. The van der Waals surface area contributed by atoms with Gasteiger partial charge in [-0.3, -0.25) is 9.59 Å². The number of hydrogen-bond donors (Lipinski definition) is 1. The van der Waals surface area contributed by atoms with Gasteiger partial charge in [-0.2, -0.15) is 0 Å². The van der Waals surface area contributed by atoms with Crippen LogP contribution >= 0.6 is 22.6 Å². The van der Waals surface area contributed by atoms with Gasteiger partial charge in [-0.1, -0.05) is 12.8 Å². The van der Waals surface area contributed by atoms with Gasteiger partial charge in [-0.05, 0) is 59.0 Å². The standard InChI is InChI=1S/C16H19IO4/c1-21-14-5-4-11(17)8-12(14)13(18)9-16(10-15(19)20)6-2-3-7-16/h4-5,8H,2-3,6-7,9-10H2,1H3,(H,19,20). The van der Waals surface area contributed by atoms with Crippen molar-refractivity contribution in [3.05, 3.63) is 27.3 Å². The van der Waals surface area contributed by atoms with E-state index >= 15 is 0 Å². The highest BCUT2D eigenvalue weighted by Crippen LogP contribution is 2.45. The van der Waals surface area contributed by atoms with Crippen LogP contribution in [0.1, 0.15) is 48.9 Å². The Balaban J connectivity index is 2.23. The molecule has 114 valence electrons. The minimum atomic E-state index is -0.820. The summed E-state index contributed by atoms with van der Waals surface area (Å²) in [6.07, 6.45) is 4.00. The third kappa shape index (κ3) is 3.96. The molecule has 1 N–H and O–H groups in total. The number of methoxy groups -OCH3 is 1. The first-order chi connectivity index (χ1) is 9.96. The van der Waals surface area contributed by atoms with Crippen molar-refractivity contribution in [2.75, 3.05) is 7.11 Å². The third-order valence-corrected chi connectivity index (χ3v) is 4.86. The fourth-order valence-electron chi connectivity index (χ4n) is 3.20. The van der Waals surface area contributed by atoms with Crippen LogP contribution in [0.15, 0.2) is 18.2 Å². The molecule has 0 aromatic heterocycles. The number of rotatable bonds is 6. The van der Waals surface area contributed by atoms with E-state index in [4.69, 9.17) is 9.84 Å². The Hall–Kier alpha value is -1.11. The first-order valence-corrected chi connectivity index (χ1v) is 8.12. The smallest absolute Gasteiger partial charge is 0.303 e. The number of benzene rings is 1. The van der Waals surface area contributed by atoms with Crippen LogP contribution < -0.4 is 4.74 Å². The number of carbonyl (C=O) groups is 2. The van der Waals surface area contributed by atoms with Crippen LogP contribution in [-0.4, -0.2) is 24.0 Å². The highest BCUT2D eigenvalue weighted by atomic mass is 127. The second kappa shape index (κ2) is 6.77. The molecule has 0 bridgehead atoms. The van der Waals surface area contributed by atoms with Gasteiger partial charge in [0.1, 0.15) is 5.75 Å². The van der Waals surface area contributed by atoms with Gasteiger partial charge in [0.2, 0.25) is 0 Å². The molecule has 4 nitrogen and oxygen atoms in total. The predicted octanol–water partition coefficient (Wildman–Crippen LogP) is 3.91. The lowest BCUT2D eigenvalue weighted by Gasteiger charge is -2.26. The molecule has 0 spiro atoms. The number of carbonyl (C=O) groups excluding carboxylic acids is 1. The van der Waals surface area contributed by atoms with E-state index < -0.39 is 5.97 Å². The summed E-state index contributed by atoms with van der Waals surface area (Å²) in [6.45, 7) is 0. The van der Waals surface area contributed by atoms with Crippen molar-refractivity contribution >= 4 is 34.3 Å². The van der Waals surface area contributed by atoms with Crippen molar-refractivity contribution < 1.29 is 19.4 Å². The fraction of sp³-hybridized carbons (Fsp3) is 0.500. The molecule has 1 fully saturated rings. The number of Topliss-reactive ketones (excluding diaryl/α,β-unsaturated/α-hetero) is 1. The highest BCUT2D eigenvalue weighted by molar-refractivity contribution is 14.1. The molecule has 0 aliphatic heterocycles. The number of halogens is 1. The SMILES string of the molecule is COc1ccc(I)cc1C(=O)CC1(CC(=O)O)CCCC1. The van der Waals surface area contributed by atoms with Crippen LogP contribution in [0.2, 0.25) is 0 Å². The molecule has 1 saturated carbocycles. The van der Waals surface area contributed by atoms with E-state index in [0.717, 1.165) is 29.3 Å². The summed E-state index contributed by atoms with van der Waals surface area (Å²) in [7, 11) is 1.54. The second-order valence-corrected chi connectivity index (χ2v) is 6.97. The number of aliphatic carboxylic acids is 1. The average molecular weight is 402 g/mol. The summed E-state index contributed by atoms with van der Waals surface area (Å²) in [5, 5.41) is 9.13. The minimum absolute atomic E-state index is 0.0199. The van der Waals surface area contributed by atoms with E-state index in [2.05, 4.69) is 22.6 Å². The van der Waals surface area contributed by atoms with Crippen molar-refractivity contribution in [2.45, 2.75) is 38.5 Å². The molecular formula is C16H19IO4. The Labute approximate surface area is 138 Å². The molecule has 21 heavy (non-hydrogen) atoms. The lowest BCUT2D eigenvalue weighted by Crippen LogP contribution is -2.25. The molecule has 0 amide bonds. The number of hydrogen-bond acceptors (Lipinski definition) is 3. The van der Waals surface area contributed by atoms with Crippen molar-refractivity contribution in [1.82, 2.24) is 0 Å². The molecule has 1 aliphatic carbocycles. The van der Waals surface area contributed by atoms with Gasteiger partial charge in [0, 0.05) is 9.99 Å². The van der Waals surface area contributed by atoms with Crippen LogP contribution in [0.5, 0.6) is 5.75 Å². The van der Waals surface area contributed by atoms with Crippen molar-refractivity contribution in [3.8, 4) is 5.75 Å². The van der Waals surface area contributed by atoms with Gasteiger partial charge in [-0.25, -0.2) is 0 Å². The number of ketones is 1. The molecule has 0 saturated heterocycles. The summed E-state index contributed by atoms with van der Waals surface area (Å²) in [4.78, 5) is 23.8. The van der Waals surface area contributed by atoms with Gasteiger partial charge < -0.3 is 9.84 Å². The first-order valence-electron chi connectivity index (χ1n) is 7.04. The van der Waals surface area contributed by atoms with E-state index in [1.54, 1.807) is 13.2 Å². The van der Waals surface area contributed by atoms with Crippen LogP contribution in [0, 0.1) is 8.99 Å². The molecule has 2 rings (SSSR count). The molecule has 1 aromatic carbocycles. The Morgan fingerprint density at radius 3 is 2.52 bits per heavy atom. The molecule has 5 heteroatoms. The van der Waals surface area contributed by atoms with E-state index in [-0.39, 0.29) is 24.0 Å². The van der Waals surface area contributed by atoms with Crippen LogP contribution in [-0.2, 0) is 4.79 Å². The van der Waals surface area contributed by atoms with Gasteiger partial charge in [0.15, 0.2) is 5.78 Å². The summed E-state index contributed by atoms with van der Waals surface area (Å²) in [5.74, 6) is -0.281.